The number of aromatic amines is 1. The molecule has 0 saturated heterocycles. The molecule has 0 aliphatic carbocycles. The first kappa shape index (κ1) is 7.70. The van der Waals surface area contributed by atoms with Crippen LogP contribution in [0.15, 0.2) is 34.9 Å². The van der Waals surface area contributed by atoms with Gasteiger partial charge in [0.25, 0.3) is 4.84 Å². The third kappa shape index (κ3) is 0.975. The molecule has 1 N–H and O–H groups in total. The van der Waals surface area contributed by atoms with Gasteiger partial charge in [0, 0.05) is 11.6 Å². The maximum atomic E-state index is 5.30. The number of hydrogen-bond acceptors (Lipinski definition) is 3. The van der Waals surface area contributed by atoms with Crippen molar-refractivity contribution in [2.75, 3.05) is 0 Å². The molecule has 2 heterocycles. The van der Waals surface area contributed by atoms with E-state index in [1.807, 2.05) is 24.3 Å². The average Bonchev–Trinajstić information content (AvgIpc) is 2.59. The summed E-state index contributed by atoms with van der Waals surface area (Å²) < 4.78 is 5.30. The average molecular weight is 202 g/mol. The quantitative estimate of drug-likeness (QED) is 0.570. The Kier molecular flexibility index (Phi) is 1.46. The Hall–Kier alpha value is -1.68. The number of hydrogen-bond donors (Lipinski definition) is 1. The summed E-state index contributed by atoms with van der Waals surface area (Å²) in [4.78, 5) is 7.66. The summed E-state index contributed by atoms with van der Waals surface area (Å²) in [5.74, 6) is 0. The molecule has 0 unspecified atom stereocenters. The highest BCUT2D eigenvalue weighted by Gasteiger charge is 2.03. The summed E-state index contributed by atoms with van der Waals surface area (Å²) >= 11 is 4.93. The van der Waals surface area contributed by atoms with Crippen LogP contribution >= 0.6 is 12.2 Å². The fourth-order valence-electron chi connectivity index (χ4n) is 1.56. The fourth-order valence-corrected chi connectivity index (χ4v) is 1.75. The Morgan fingerprint density at radius 1 is 1.29 bits per heavy atom. The number of aromatic nitrogens is 2. The molecular weight excluding hydrogens is 196 g/mol. The molecule has 0 atom stereocenters. The Bertz CT molecular complexity index is 668. The number of nitrogens with one attached hydrogen (secondary N) is 1. The maximum absolute atomic E-state index is 5.30. The van der Waals surface area contributed by atoms with Crippen LogP contribution in [0.25, 0.3) is 22.0 Å². The molecule has 4 heteroatoms. The van der Waals surface area contributed by atoms with E-state index in [4.69, 9.17) is 16.6 Å². The fraction of sp³-hybridized carbons (Fsp3) is 0. The van der Waals surface area contributed by atoms with Crippen LogP contribution in [-0.4, -0.2) is 9.97 Å². The van der Waals surface area contributed by atoms with Crippen molar-refractivity contribution in [2.45, 2.75) is 0 Å². The molecule has 2 aromatic heterocycles. The summed E-state index contributed by atoms with van der Waals surface area (Å²) in [5, 5.41) is 1.08. The molecule has 0 spiro atoms. The van der Waals surface area contributed by atoms with Gasteiger partial charge in [-0.3, -0.25) is 4.98 Å². The molecular formula is C10H6N2OS. The second-order valence-corrected chi connectivity index (χ2v) is 3.40. The lowest BCUT2D eigenvalue weighted by Gasteiger charge is -1.95. The zero-order valence-electron chi connectivity index (χ0n) is 7.15. The van der Waals surface area contributed by atoms with Crippen LogP contribution in [0.2, 0.25) is 0 Å². The van der Waals surface area contributed by atoms with Crippen LogP contribution < -0.4 is 0 Å². The number of rotatable bonds is 0. The van der Waals surface area contributed by atoms with Crippen molar-refractivity contribution in [1.82, 2.24) is 9.97 Å². The molecule has 0 saturated carbocycles. The van der Waals surface area contributed by atoms with Crippen molar-refractivity contribution in [3.63, 3.8) is 0 Å². The number of H-pyrrole nitrogens is 1. The molecule has 1 aromatic carbocycles. The molecule has 0 radical (unpaired) electrons. The molecule has 3 nitrogen and oxygen atoms in total. The largest absolute Gasteiger partial charge is 0.429 e. The second kappa shape index (κ2) is 2.65. The molecule has 0 bridgehead atoms. The summed E-state index contributed by atoms with van der Waals surface area (Å²) in [6.45, 7) is 0. The predicted octanol–water partition coefficient (Wildman–Crippen LogP) is 3.04. The van der Waals surface area contributed by atoms with E-state index in [9.17, 15) is 0 Å². The van der Waals surface area contributed by atoms with E-state index in [1.165, 1.54) is 0 Å². The van der Waals surface area contributed by atoms with Gasteiger partial charge in [0.1, 0.15) is 5.52 Å². The van der Waals surface area contributed by atoms with Crippen molar-refractivity contribution in [2.24, 2.45) is 0 Å². The Morgan fingerprint density at radius 3 is 3.14 bits per heavy atom. The third-order valence-corrected chi connectivity index (χ3v) is 2.35. The van der Waals surface area contributed by atoms with Gasteiger partial charge in [-0.2, -0.15) is 0 Å². The van der Waals surface area contributed by atoms with E-state index < -0.39 is 0 Å². The number of oxazole rings is 1. The van der Waals surface area contributed by atoms with E-state index in [-0.39, 0.29) is 0 Å². The molecule has 68 valence electrons. The van der Waals surface area contributed by atoms with Crippen LogP contribution in [0.3, 0.4) is 0 Å². The van der Waals surface area contributed by atoms with Gasteiger partial charge < -0.3 is 9.40 Å². The lowest BCUT2D eigenvalue weighted by molar-refractivity contribution is 0.583. The monoisotopic (exact) mass is 202 g/mol. The standard InChI is InChI=1S/C10H6N2OS/c14-10-12-9-7(13-10)4-3-6-2-1-5-11-8(6)9/h1-5H,(H,12,14). The van der Waals surface area contributed by atoms with Gasteiger partial charge in [0.05, 0.1) is 5.52 Å². The number of benzene rings is 1. The third-order valence-electron chi connectivity index (χ3n) is 2.17. The van der Waals surface area contributed by atoms with Crippen molar-refractivity contribution in [3.8, 4) is 0 Å². The van der Waals surface area contributed by atoms with Crippen LogP contribution in [0.4, 0.5) is 0 Å². The minimum atomic E-state index is 0.387. The van der Waals surface area contributed by atoms with Gasteiger partial charge in [0.2, 0.25) is 0 Å². The van der Waals surface area contributed by atoms with Crippen molar-refractivity contribution < 1.29 is 4.42 Å². The highest BCUT2D eigenvalue weighted by Crippen LogP contribution is 2.22. The van der Waals surface area contributed by atoms with Crippen LogP contribution in [0, 0.1) is 4.84 Å². The van der Waals surface area contributed by atoms with E-state index in [1.54, 1.807) is 6.20 Å². The molecule has 14 heavy (non-hydrogen) atoms. The topological polar surface area (TPSA) is 41.8 Å². The molecule has 0 fully saturated rings. The number of nitrogens with zero attached hydrogens (tertiary/aromatic N) is 1. The van der Waals surface area contributed by atoms with Crippen LogP contribution in [0.5, 0.6) is 0 Å². The van der Waals surface area contributed by atoms with Crippen LogP contribution in [-0.2, 0) is 0 Å². The SMILES string of the molecule is S=c1[nH]c2c(ccc3cccnc32)o1. The summed E-state index contributed by atoms with van der Waals surface area (Å²) in [5.41, 5.74) is 2.51. The zero-order valence-corrected chi connectivity index (χ0v) is 7.97. The Morgan fingerprint density at radius 2 is 2.21 bits per heavy atom. The minimum Gasteiger partial charge on any atom is -0.429 e. The molecule has 3 aromatic rings. The first-order valence-electron chi connectivity index (χ1n) is 4.21. The smallest absolute Gasteiger partial charge is 0.266 e. The Balaban J connectivity index is 2.66. The van der Waals surface area contributed by atoms with Gasteiger partial charge in [0.15, 0.2) is 5.58 Å². The second-order valence-electron chi connectivity index (χ2n) is 3.03. The van der Waals surface area contributed by atoms with E-state index in [0.29, 0.717) is 4.84 Å². The Labute approximate surface area is 84.4 Å². The lowest BCUT2D eigenvalue weighted by atomic mass is 10.2. The first-order chi connectivity index (χ1) is 6.84. The summed E-state index contributed by atoms with van der Waals surface area (Å²) in [6.07, 6.45) is 1.76. The summed E-state index contributed by atoms with van der Waals surface area (Å²) in [7, 11) is 0. The molecule has 0 aliphatic rings. The van der Waals surface area contributed by atoms with E-state index >= 15 is 0 Å². The van der Waals surface area contributed by atoms with Crippen molar-refractivity contribution in [3.05, 3.63) is 35.3 Å². The maximum Gasteiger partial charge on any atom is 0.266 e. The van der Waals surface area contributed by atoms with E-state index in [2.05, 4.69) is 9.97 Å². The molecule has 0 aliphatic heterocycles. The van der Waals surface area contributed by atoms with E-state index in [0.717, 1.165) is 22.0 Å². The zero-order chi connectivity index (χ0) is 9.54. The van der Waals surface area contributed by atoms with Crippen LogP contribution in [0.1, 0.15) is 0 Å². The molecule has 0 amide bonds. The highest BCUT2D eigenvalue weighted by atomic mass is 32.1. The van der Waals surface area contributed by atoms with Gasteiger partial charge in [-0.05, 0) is 30.4 Å². The number of pyridine rings is 1. The van der Waals surface area contributed by atoms with Gasteiger partial charge in [-0.1, -0.05) is 6.07 Å². The van der Waals surface area contributed by atoms with Gasteiger partial charge in [-0.15, -0.1) is 0 Å². The first-order valence-corrected chi connectivity index (χ1v) is 4.62. The normalized spacial score (nSPS) is 11.1. The number of fused-ring (bicyclic) bond motifs is 3. The minimum absolute atomic E-state index is 0.387. The van der Waals surface area contributed by atoms with Crippen molar-refractivity contribution in [1.29, 1.82) is 0 Å². The summed E-state index contributed by atoms with van der Waals surface area (Å²) in [6, 6.07) is 7.77. The highest BCUT2D eigenvalue weighted by molar-refractivity contribution is 7.71. The lowest BCUT2D eigenvalue weighted by Crippen LogP contribution is -1.78. The van der Waals surface area contributed by atoms with Crippen molar-refractivity contribution >= 4 is 34.2 Å². The molecule has 3 rings (SSSR count). The van der Waals surface area contributed by atoms with Gasteiger partial charge in [-0.25, -0.2) is 0 Å². The predicted molar refractivity (Wildman–Crippen MR) is 56.7 cm³/mol. The van der Waals surface area contributed by atoms with Gasteiger partial charge >= 0.3 is 0 Å².